The summed E-state index contributed by atoms with van der Waals surface area (Å²) in [5.41, 5.74) is 0. The fourth-order valence-electron chi connectivity index (χ4n) is 1.53. The van der Waals surface area contributed by atoms with Crippen molar-refractivity contribution in [3.63, 3.8) is 0 Å². The molecule has 1 atom stereocenters. The van der Waals surface area contributed by atoms with E-state index in [1.807, 2.05) is 0 Å². The summed E-state index contributed by atoms with van der Waals surface area (Å²) in [5, 5.41) is 6.97. The van der Waals surface area contributed by atoms with Crippen molar-refractivity contribution in [1.29, 1.82) is 0 Å². The lowest BCUT2D eigenvalue weighted by Gasteiger charge is -2.22. The number of rotatable bonds is 3. The summed E-state index contributed by atoms with van der Waals surface area (Å²) in [6, 6.07) is 0.489. The van der Waals surface area contributed by atoms with Crippen molar-refractivity contribution in [3.05, 3.63) is 12.5 Å². The van der Waals surface area contributed by atoms with Crippen LogP contribution in [0.1, 0.15) is 19.3 Å². The highest BCUT2D eigenvalue weighted by Crippen LogP contribution is 2.11. The molecule has 4 heteroatoms. The summed E-state index contributed by atoms with van der Waals surface area (Å²) in [6.07, 6.45) is 6.88. The molecule has 0 spiro atoms. The van der Waals surface area contributed by atoms with E-state index in [0.29, 0.717) is 18.4 Å². The zero-order valence-corrected chi connectivity index (χ0v) is 7.53. The molecule has 0 saturated carbocycles. The van der Waals surface area contributed by atoms with E-state index < -0.39 is 0 Å². The quantitative estimate of drug-likeness (QED) is 0.763. The van der Waals surface area contributed by atoms with Gasteiger partial charge in [0, 0.05) is 6.04 Å². The largest absolute Gasteiger partial charge is 0.487 e. The van der Waals surface area contributed by atoms with Crippen molar-refractivity contribution in [2.24, 2.45) is 0 Å². The molecule has 1 saturated heterocycles. The summed E-state index contributed by atoms with van der Waals surface area (Å²) >= 11 is 0. The number of nitrogens with zero attached hydrogens (tertiary/aromatic N) is 1. The normalized spacial score (nSPS) is 22.9. The van der Waals surface area contributed by atoms with Crippen LogP contribution in [0.2, 0.25) is 0 Å². The van der Waals surface area contributed by atoms with E-state index in [9.17, 15) is 0 Å². The van der Waals surface area contributed by atoms with Crippen LogP contribution in [0.25, 0.3) is 0 Å². The van der Waals surface area contributed by atoms with E-state index in [1.165, 1.54) is 25.5 Å². The van der Waals surface area contributed by atoms with Gasteiger partial charge in [-0.3, -0.25) is 0 Å². The molecule has 1 unspecified atom stereocenters. The molecule has 1 fully saturated rings. The predicted octanol–water partition coefficient (Wildman–Crippen LogP) is 1.20. The van der Waals surface area contributed by atoms with Gasteiger partial charge in [-0.05, 0) is 19.4 Å². The number of nitrogens with one attached hydrogen (secondary N) is 1. The highest BCUT2D eigenvalue weighted by molar-refractivity contribution is 5.08. The lowest BCUT2D eigenvalue weighted by Crippen LogP contribution is -2.38. The molecular formula is C9H14N2O2. The third kappa shape index (κ3) is 2.45. The maximum absolute atomic E-state index is 5.47. The van der Waals surface area contributed by atoms with Gasteiger partial charge in [0.2, 0.25) is 0 Å². The molecule has 2 rings (SSSR count). The molecule has 0 aliphatic carbocycles. The van der Waals surface area contributed by atoms with Crippen molar-refractivity contribution in [3.8, 4) is 5.75 Å². The summed E-state index contributed by atoms with van der Waals surface area (Å²) < 4.78 is 10.1. The molecule has 1 aromatic rings. The monoisotopic (exact) mass is 182 g/mol. The van der Waals surface area contributed by atoms with E-state index in [2.05, 4.69) is 15.0 Å². The van der Waals surface area contributed by atoms with Crippen molar-refractivity contribution in [2.75, 3.05) is 13.2 Å². The minimum atomic E-state index is 0.489. The molecular weight excluding hydrogens is 168 g/mol. The Bertz CT molecular complexity index is 230. The molecule has 1 aromatic heterocycles. The first-order valence-electron chi connectivity index (χ1n) is 4.71. The van der Waals surface area contributed by atoms with E-state index in [-0.39, 0.29) is 0 Å². The molecule has 72 valence electrons. The molecule has 0 aromatic carbocycles. The first-order chi connectivity index (χ1) is 6.45. The van der Waals surface area contributed by atoms with Gasteiger partial charge in [-0.2, -0.15) is 0 Å². The van der Waals surface area contributed by atoms with Gasteiger partial charge < -0.3 is 14.6 Å². The zero-order chi connectivity index (χ0) is 8.93. The van der Waals surface area contributed by atoms with Gasteiger partial charge in [0.15, 0.2) is 12.0 Å². The first-order valence-corrected chi connectivity index (χ1v) is 4.71. The lowest BCUT2D eigenvalue weighted by atomic mass is 10.1. The Morgan fingerprint density at radius 2 is 2.62 bits per heavy atom. The van der Waals surface area contributed by atoms with Crippen LogP contribution in [0.3, 0.4) is 0 Å². The highest BCUT2D eigenvalue weighted by Gasteiger charge is 2.12. The van der Waals surface area contributed by atoms with E-state index in [1.54, 1.807) is 6.20 Å². The zero-order valence-electron chi connectivity index (χ0n) is 7.53. The van der Waals surface area contributed by atoms with E-state index >= 15 is 0 Å². The van der Waals surface area contributed by atoms with Crippen LogP contribution >= 0.6 is 0 Å². The van der Waals surface area contributed by atoms with Crippen LogP contribution in [0, 0.1) is 0 Å². The van der Waals surface area contributed by atoms with Crippen LogP contribution in [-0.4, -0.2) is 24.4 Å². The Morgan fingerprint density at radius 1 is 1.62 bits per heavy atom. The number of hydrogen-bond donors (Lipinski definition) is 1. The van der Waals surface area contributed by atoms with Crippen LogP contribution in [0.4, 0.5) is 0 Å². The van der Waals surface area contributed by atoms with Gasteiger partial charge in [0.05, 0.1) is 0 Å². The second kappa shape index (κ2) is 4.28. The SMILES string of the molecule is c1nocc1OCC1CCCCN1. The minimum Gasteiger partial charge on any atom is -0.487 e. The topological polar surface area (TPSA) is 47.3 Å². The highest BCUT2D eigenvalue weighted by atomic mass is 16.5. The standard InChI is InChI=1S/C9H14N2O2/c1-2-4-10-8(3-1)6-12-9-5-11-13-7-9/h5,7-8,10H,1-4,6H2. The minimum absolute atomic E-state index is 0.489. The average molecular weight is 182 g/mol. The second-order valence-electron chi connectivity index (χ2n) is 3.32. The first kappa shape index (κ1) is 8.56. The maximum atomic E-state index is 5.47. The van der Waals surface area contributed by atoms with Gasteiger partial charge in [0.1, 0.15) is 12.8 Å². The fourth-order valence-corrected chi connectivity index (χ4v) is 1.53. The third-order valence-corrected chi connectivity index (χ3v) is 2.27. The Morgan fingerprint density at radius 3 is 3.31 bits per heavy atom. The molecule has 2 heterocycles. The van der Waals surface area contributed by atoms with Gasteiger partial charge in [0.25, 0.3) is 0 Å². The van der Waals surface area contributed by atoms with Gasteiger partial charge >= 0.3 is 0 Å². The molecule has 0 amide bonds. The van der Waals surface area contributed by atoms with Crippen molar-refractivity contribution in [2.45, 2.75) is 25.3 Å². The fraction of sp³-hybridized carbons (Fsp3) is 0.667. The second-order valence-corrected chi connectivity index (χ2v) is 3.32. The maximum Gasteiger partial charge on any atom is 0.178 e. The lowest BCUT2D eigenvalue weighted by molar-refractivity contribution is 0.237. The van der Waals surface area contributed by atoms with Crippen molar-refractivity contribution < 1.29 is 9.26 Å². The van der Waals surface area contributed by atoms with E-state index in [0.717, 1.165) is 6.54 Å². The molecule has 0 radical (unpaired) electrons. The van der Waals surface area contributed by atoms with Crippen LogP contribution in [-0.2, 0) is 0 Å². The van der Waals surface area contributed by atoms with Crippen molar-refractivity contribution >= 4 is 0 Å². The molecule has 1 aliphatic rings. The molecule has 0 bridgehead atoms. The van der Waals surface area contributed by atoms with Crippen molar-refractivity contribution in [1.82, 2.24) is 10.5 Å². The van der Waals surface area contributed by atoms with E-state index in [4.69, 9.17) is 4.74 Å². The number of aromatic nitrogens is 1. The summed E-state index contributed by atoms with van der Waals surface area (Å²) in [6.45, 7) is 1.82. The van der Waals surface area contributed by atoms with Gasteiger partial charge in [-0.25, -0.2) is 0 Å². The average Bonchev–Trinajstić information content (AvgIpc) is 2.69. The Hall–Kier alpha value is -1.03. The number of piperidine rings is 1. The summed E-state index contributed by atoms with van der Waals surface area (Å²) in [5.74, 6) is 0.715. The summed E-state index contributed by atoms with van der Waals surface area (Å²) in [4.78, 5) is 0. The Labute approximate surface area is 77.2 Å². The van der Waals surface area contributed by atoms with Crippen LogP contribution < -0.4 is 10.1 Å². The number of hydrogen-bond acceptors (Lipinski definition) is 4. The molecule has 1 aliphatic heterocycles. The third-order valence-electron chi connectivity index (χ3n) is 2.27. The van der Waals surface area contributed by atoms with Crippen LogP contribution in [0.5, 0.6) is 5.75 Å². The Balaban J connectivity index is 1.72. The van der Waals surface area contributed by atoms with Gasteiger partial charge in [-0.1, -0.05) is 11.6 Å². The smallest absolute Gasteiger partial charge is 0.178 e. The number of ether oxygens (including phenoxy) is 1. The molecule has 13 heavy (non-hydrogen) atoms. The van der Waals surface area contributed by atoms with Crippen LogP contribution in [0.15, 0.2) is 17.0 Å². The summed E-state index contributed by atoms with van der Waals surface area (Å²) in [7, 11) is 0. The molecule has 4 nitrogen and oxygen atoms in total. The predicted molar refractivity (Wildman–Crippen MR) is 47.6 cm³/mol. The molecule has 1 N–H and O–H groups in total. The Kier molecular flexibility index (Phi) is 2.82. The van der Waals surface area contributed by atoms with Gasteiger partial charge in [-0.15, -0.1) is 0 Å².